The van der Waals surface area contributed by atoms with Crippen molar-refractivity contribution in [3.63, 3.8) is 0 Å². The largest absolute Gasteiger partial charge is 0.397 e. The van der Waals surface area contributed by atoms with Gasteiger partial charge in [0.1, 0.15) is 0 Å². The summed E-state index contributed by atoms with van der Waals surface area (Å²) in [6.07, 6.45) is 0. The summed E-state index contributed by atoms with van der Waals surface area (Å²) in [7, 11) is 0. The van der Waals surface area contributed by atoms with E-state index in [2.05, 4.69) is 36.4 Å². The molecule has 9 rings (SSSR count). The van der Waals surface area contributed by atoms with E-state index in [1.54, 1.807) is 12.1 Å². The minimum Gasteiger partial charge on any atom is -0.397 e. The van der Waals surface area contributed by atoms with E-state index in [9.17, 15) is 9.59 Å². The Morgan fingerprint density at radius 1 is 0.395 bits per heavy atom. The molecule has 4 heteroatoms. The Kier molecular flexibility index (Phi) is 3.33. The Labute approximate surface area is 216 Å². The maximum atomic E-state index is 13.7. The van der Waals surface area contributed by atoms with Crippen molar-refractivity contribution in [2.24, 2.45) is 0 Å². The van der Waals surface area contributed by atoms with Crippen molar-refractivity contribution in [2.45, 2.75) is 0 Å². The SMILES string of the molecule is Nc1ccc2c(c1N)-c1ccc3c4ccc5c6c(ccc(c7ccc(c1c73)C2=O)c64)C(=O)c1ccccc1-5. The van der Waals surface area contributed by atoms with Crippen LogP contribution in [-0.2, 0) is 0 Å². The zero-order valence-corrected chi connectivity index (χ0v) is 20.1. The summed E-state index contributed by atoms with van der Waals surface area (Å²) in [4.78, 5) is 27.2. The van der Waals surface area contributed by atoms with Crippen LogP contribution in [0.5, 0.6) is 0 Å². The molecule has 4 N–H and O–H groups in total. The van der Waals surface area contributed by atoms with Gasteiger partial charge in [0, 0.05) is 38.6 Å². The molecule has 0 saturated carbocycles. The molecule has 0 saturated heterocycles. The van der Waals surface area contributed by atoms with Crippen molar-refractivity contribution in [1.29, 1.82) is 0 Å². The van der Waals surface area contributed by atoms with Gasteiger partial charge in [-0.25, -0.2) is 0 Å². The normalized spacial score (nSPS) is 13.6. The van der Waals surface area contributed by atoms with Gasteiger partial charge in [0.05, 0.1) is 11.4 Å². The van der Waals surface area contributed by atoms with Crippen LogP contribution in [0.3, 0.4) is 0 Å². The average molecular weight is 487 g/mol. The Morgan fingerprint density at radius 2 is 0.868 bits per heavy atom. The number of hydrogen-bond acceptors (Lipinski definition) is 4. The van der Waals surface area contributed by atoms with Crippen LogP contribution in [-0.4, -0.2) is 11.6 Å². The number of nitrogen functional groups attached to an aromatic ring is 2. The maximum Gasteiger partial charge on any atom is 0.194 e. The fourth-order valence-electron chi connectivity index (χ4n) is 7.02. The molecule has 7 aromatic carbocycles. The van der Waals surface area contributed by atoms with Gasteiger partial charge < -0.3 is 11.5 Å². The van der Waals surface area contributed by atoms with Gasteiger partial charge in [-0.3, -0.25) is 9.59 Å². The van der Waals surface area contributed by atoms with Crippen LogP contribution in [0.15, 0.2) is 84.9 Å². The lowest BCUT2D eigenvalue weighted by molar-refractivity contribution is 0.103. The second-order valence-corrected chi connectivity index (χ2v) is 10.3. The van der Waals surface area contributed by atoms with Crippen LogP contribution >= 0.6 is 0 Å². The number of anilines is 2. The number of carbonyl (C=O) groups is 2. The van der Waals surface area contributed by atoms with Crippen molar-refractivity contribution < 1.29 is 9.59 Å². The van der Waals surface area contributed by atoms with Crippen LogP contribution in [0.25, 0.3) is 65.3 Å². The first-order valence-corrected chi connectivity index (χ1v) is 12.6. The molecule has 0 unspecified atom stereocenters. The molecule has 0 aromatic heterocycles. The Bertz CT molecular complexity index is 2270. The smallest absolute Gasteiger partial charge is 0.194 e. The number of fused-ring (bicyclic) bond motifs is 6. The van der Waals surface area contributed by atoms with Gasteiger partial charge in [0.15, 0.2) is 11.6 Å². The molecule has 0 radical (unpaired) electrons. The van der Waals surface area contributed by atoms with Gasteiger partial charge in [-0.2, -0.15) is 0 Å². The number of carbonyl (C=O) groups excluding carboxylic acids is 2. The molecule has 0 atom stereocenters. The van der Waals surface area contributed by atoms with Crippen molar-refractivity contribution in [2.75, 3.05) is 11.5 Å². The fourth-order valence-corrected chi connectivity index (χ4v) is 7.02. The third-order valence-corrected chi connectivity index (χ3v) is 8.65. The predicted molar refractivity (Wildman–Crippen MR) is 154 cm³/mol. The van der Waals surface area contributed by atoms with Crippen LogP contribution in [0.2, 0.25) is 0 Å². The molecule has 7 aromatic rings. The minimum absolute atomic E-state index is 0.0406. The van der Waals surface area contributed by atoms with E-state index in [1.807, 2.05) is 36.4 Å². The zero-order chi connectivity index (χ0) is 25.4. The molecule has 0 aliphatic heterocycles. The van der Waals surface area contributed by atoms with E-state index in [1.165, 1.54) is 0 Å². The number of ketones is 2. The molecule has 4 nitrogen and oxygen atoms in total. The second kappa shape index (κ2) is 6.36. The predicted octanol–water partition coefficient (Wildman–Crippen LogP) is 7.32. The summed E-state index contributed by atoms with van der Waals surface area (Å²) in [5.41, 5.74) is 20.0. The molecule has 0 spiro atoms. The first-order valence-electron chi connectivity index (χ1n) is 12.6. The highest BCUT2D eigenvalue weighted by Gasteiger charge is 2.31. The molecule has 0 bridgehead atoms. The third-order valence-electron chi connectivity index (χ3n) is 8.65. The van der Waals surface area contributed by atoms with Gasteiger partial charge in [-0.05, 0) is 73.3 Å². The van der Waals surface area contributed by atoms with Gasteiger partial charge in [0.25, 0.3) is 0 Å². The van der Waals surface area contributed by atoms with E-state index in [0.29, 0.717) is 28.1 Å². The molecule has 2 aliphatic carbocycles. The summed E-state index contributed by atoms with van der Waals surface area (Å²) >= 11 is 0. The number of hydrogen-bond donors (Lipinski definition) is 2. The summed E-state index contributed by atoms with van der Waals surface area (Å²) < 4.78 is 0. The van der Waals surface area contributed by atoms with Crippen LogP contribution < -0.4 is 11.5 Å². The fraction of sp³-hybridized carbons (Fsp3) is 0. The summed E-state index contributed by atoms with van der Waals surface area (Å²) in [6.45, 7) is 0. The molecule has 0 amide bonds. The van der Waals surface area contributed by atoms with Crippen molar-refractivity contribution in [3.8, 4) is 22.3 Å². The molecular weight excluding hydrogens is 468 g/mol. The number of rotatable bonds is 0. The van der Waals surface area contributed by atoms with Crippen LogP contribution in [0.1, 0.15) is 31.8 Å². The van der Waals surface area contributed by atoms with Crippen LogP contribution in [0, 0.1) is 0 Å². The van der Waals surface area contributed by atoms with Crippen molar-refractivity contribution in [3.05, 3.63) is 107 Å². The first kappa shape index (κ1) is 19.9. The first-order chi connectivity index (χ1) is 18.5. The summed E-state index contributed by atoms with van der Waals surface area (Å²) in [5.74, 6) is 0.0178. The van der Waals surface area contributed by atoms with Crippen LogP contribution in [0.4, 0.5) is 11.4 Å². The molecule has 0 fully saturated rings. The van der Waals surface area contributed by atoms with Crippen molar-refractivity contribution >= 4 is 66.0 Å². The van der Waals surface area contributed by atoms with E-state index < -0.39 is 0 Å². The average Bonchev–Trinajstić information content (AvgIpc) is 2.95. The van der Waals surface area contributed by atoms with Gasteiger partial charge >= 0.3 is 0 Å². The molecule has 38 heavy (non-hydrogen) atoms. The molecule has 2 aliphatic rings. The molecular formula is C34H18N2O2. The summed E-state index contributed by atoms with van der Waals surface area (Å²) in [5, 5.41) is 8.30. The zero-order valence-electron chi connectivity index (χ0n) is 20.1. The van der Waals surface area contributed by atoms with E-state index in [-0.39, 0.29) is 11.6 Å². The van der Waals surface area contributed by atoms with Gasteiger partial charge in [-0.1, -0.05) is 60.7 Å². The highest BCUT2D eigenvalue weighted by atomic mass is 16.1. The Hall–Kier alpha value is -5.22. The van der Waals surface area contributed by atoms with Gasteiger partial charge in [-0.15, -0.1) is 0 Å². The highest BCUT2D eigenvalue weighted by molar-refractivity contribution is 6.41. The molecule has 176 valence electrons. The number of nitrogens with two attached hydrogens (primary N) is 2. The van der Waals surface area contributed by atoms with E-state index >= 15 is 0 Å². The second-order valence-electron chi connectivity index (χ2n) is 10.3. The quantitative estimate of drug-likeness (QED) is 0.134. The Balaban J connectivity index is 1.52. The standard InChI is InChI=1S/C34H18N2O2/c35-26-14-13-25-31(32(26)36)22-10-7-18-17-6-5-16-15-3-1-2-4-21(15)33(37)23-11-8-19(27(17)29(16)23)20-9-12-24(34(25)38)30(22)28(18)20/h1-14H,35-36H2. The third kappa shape index (κ3) is 2.07. The maximum absolute atomic E-state index is 13.7. The Morgan fingerprint density at radius 3 is 1.50 bits per heavy atom. The highest BCUT2D eigenvalue weighted by Crippen LogP contribution is 2.51. The minimum atomic E-state index is -0.0406. The summed E-state index contributed by atoms with van der Waals surface area (Å²) in [6, 6.07) is 27.8. The monoisotopic (exact) mass is 486 g/mol. The lowest BCUT2D eigenvalue weighted by Gasteiger charge is -2.26. The molecule has 0 heterocycles. The van der Waals surface area contributed by atoms with Crippen molar-refractivity contribution in [1.82, 2.24) is 0 Å². The lowest BCUT2D eigenvalue weighted by atomic mass is 9.76. The lowest BCUT2D eigenvalue weighted by Crippen LogP contribution is -2.13. The van der Waals surface area contributed by atoms with E-state index in [0.717, 1.165) is 70.9 Å². The number of benzene rings is 7. The van der Waals surface area contributed by atoms with E-state index in [4.69, 9.17) is 11.5 Å². The topological polar surface area (TPSA) is 86.2 Å². The van der Waals surface area contributed by atoms with Gasteiger partial charge in [0.2, 0.25) is 0 Å².